The molecule has 1 unspecified atom stereocenters. The van der Waals surface area contributed by atoms with Crippen LogP contribution in [0.15, 0.2) is 12.2 Å². The minimum atomic E-state index is -0.767. The summed E-state index contributed by atoms with van der Waals surface area (Å²) in [5.41, 5.74) is 0. The summed E-state index contributed by atoms with van der Waals surface area (Å²) in [6, 6.07) is 0. The molecule has 0 N–H and O–H groups in total. The van der Waals surface area contributed by atoms with Crippen molar-refractivity contribution in [3.05, 3.63) is 12.2 Å². The topological polar surface area (TPSA) is 78.9 Å². The van der Waals surface area contributed by atoms with E-state index >= 15 is 0 Å². The van der Waals surface area contributed by atoms with Gasteiger partial charge in [0, 0.05) is 19.3 Å². The van der Waals surface area contributed by atoms with Crippen molar-refractivity contribution in [2.45, 2.75) is 380 Å². The number of carbonyl (C=O) groups is 3. The fourth-order valence-corrected chi connectivity index (χ4v) is 10.1. The molecule has 0 saturated carbocycles. The molecule has 1 atom stereocenters. The van der Waals surface area contributed by atoms with Gasteiger partial charge < -0.3 is 14.2 Å². The summed E-state index contributed by atoms with van der Waals surface area (Å²) in [6.07, 6.45) is 72.3. The number of hydrogen-bond acceptors (Lipinski definition) is 6. The average Bonchev–Trinajstić information content (AvgIpc) is 3.38. The number of carbonyl (C=O) groups excluding carboxylic acids is 3. The minimum absolute atomic E-state index is 0.0655. The second-order valence-corrected chi connectivity index (χ2v) is 22.4. The number of unbranched alkanes of at least 4 members (excludes halogenated alkanes) is 48. The average molecular weight is 1020 g/mol. The van der Waals surface area contributed by atoms with Crippen LogP contribution in [0, 0.1) is 0 Å². The largest absolute Gasteiger partial charge is 0.462 e. The molecule has 0 aromatic carbocycles. The first-order valence-corrected chi connectivity index (χ1v) is 32.7. The number of esters is 3. The van der Waals surface area contributed by atoms with Gasteiger partial charge in [-0.2, -0.15) is 0 Å². The van der Waals surface area contributed by atoms with Crippen LogP contribution in [0.2, 0.25) is 0 Å². The second kappa shape index (κ2) is 61.7. The lowest BCUT2D eigenvalue weighted by Crippen LogP contribution is -2.30. The second-order valence-electron chi connectivity index (χ2n) is 22.4. The Morgan fingerprint density at radius 3 is 0.694 bits per heavy atom. The lowest BCUT2D eigenvalue weighted by atomic mass is 10.0. The molecule has 0 aliphatic carbocycles. The van der Waals surface area contributed by atoms with Crippen LogP contribution >= 0.6 is 0 Å². The Labute approximate surface area is 450 Å². The van der Waals surface area contributed by atoms with Gasteiger partial charge in [-0.3, -0.25) is 14.4 Å². The zero-order valence-electron chi connectivity index (χ0n) is 49.0. The van der Waals surface area contributed by atoms with E-state index in [9.17, 15) is 14.4 Å². The summed E-state index contributed by atoms with van der Waals surface area (Å²) in [7, 11) is 0. The van der Waals surface area contributed by atoms with Gasteiger partial charge in [0.1, 0.15) is 13.2 Å². The van der Waals surface area contributed by atoms with E-state index in [0.717, 1.165) is 57.8 Å². The zero-order valence-corrected chi connectivity index (χ0v) is 49.0. The van der Waals surface area contributed by atoms with Gasteiger partial charge in [-0.1, -0.05) is 322 Å². The number of allylic oxidation sites excluding steroid dienone is 2. The molecule has 0 rings (SSSR count). The molecular weight excluding hydrogens is 889 g/mol. The van der Waals surface area contributed by atoms with Crippen LogP contribution in [0.4, 0.5) is 0 Å². The molecule has 0 aliphatic rings. The summed E-state index contributed by atoms with van der Waals surface area (Å²) in [4.78, 5) is 38.2. The molecule has 0 bridgehead atoms. The molecule has 0 aliphatic heterocycles. The Hall–Kier alpha value is -1.85. The van der Waals surface area contributed by atoms with E-state index in [-0.39, 0.29) is 31.1 Å². The van der Waals surface area contributed by atoms with Crippen LogP contribution in [0.3, 0.4) is 0 Å². The molecule has 0 aromatic rings. The van der Waals surface area contributed by atoms with E-state index in [0.29, 0.717) is 19.3 Å². The van der Waals surface area contributed by atoms with E-state index in [4.69, 9.17) is 14.2 Å². The number of ether oxygens (including phenoxy) is 3. The molecule has 0 heterocycles. The third-order valence-corrected chi connectivity index (χ3v) is 15.0. The molecule has 72 heavy (non-hydrogen) atoms. The molecule has 6 nitrogen and oxygen atoms in total. The first-order valence-electron chi connectivity index (χ1n) is 32.7. The van der Waals surface area contributed by atoms with Crippen molar-refractivity contribution >= 4 is 17.9 Å². The Kier molecular flexibility index (Phi) is 60.1. The highest BCUT2D eigenvalue weighted by atomic mass is 16.6. The molecule has 0 spiro atoms. The van der Waals surface area contributed by atoms with Gasteiger partial charge in [0.15, 0.2) is 6.10 Å². The highest BCUT2D eigenvalue weighted by Crippen LogP contribution is 2.18. The number of hydrogen-bond donors (Lipinski definition) is 0. The maximum Gasteiger partial charge on any atom is 0.306 e. The van der Waals surface area contributed by atoms with Crippen molar-refractivity contribution in [3.63, 3.8) is 0 Å². The first-order chi connectivity index (χ1) is 35.5. The van der Waals surface area contributed by atoms with Gasteiger partial charge in [-0.15, -0.1) is 0 Å². The van der Waals surface area contributed by atoms with Crippen molar-refractivity contribution in [1.82, 2.24) is 0 Å². The van der Waals surface area contributed by atoms with Gasteiger partial charge in [-0.25, -0.2) is 0 Å². The molecule has 0 radical (unpaired) electrons. The standard InChI is InChI=1S/C66H126O6/c1-4-7-10-13-16-19-22-24-26-28-29-30-31-32-33-34-35-36-38-39-41-44-47-50-53-56-59-65(68)71-62-63(61-70-64(67)58-55-52-49-46-43-21-18-15-12-9-6-3)72-66(69)60-57-54-51-48-45-42-40-37-27-25-23-20-17-14-11-8-5-2/h25,27,63H,4-24,26,28-62H2,1-3H3/b27-25-. The van der Waals surface area contributed by atoms with Crippen molar-refractivity contribution in [1.29, 1.82) is 0 Å². The van der Waals surface area contributed by atoms with Crippen LogP contribution in [0.5, 0.6) is 0 Å². The van der Waals surface area contributed by atoms with Crippen LogP contribution in [-0.4, -0.2) is 37.2 Å². The molecule has 0 aromatic heterocycles. The molecule has 0 fully saturated rings. The minimum Gasteiger partial charge on any atom is -0.462 e. The van der Waals surface area contributed by atoms with E-state index in [1.165, 1.54) is 276 Å². The highest BCUT2D eigenvalue weighted by Gasteiger charge is 2.19. The first kappa shape index (κ1) is 70.1. The maximum absolute atomic E-state index is 12.9. The van der Waals surface area contributed by atoms with E-state index in [1.807, 2.05) is 0 Å². The molecular formula is C66H126O6. The van der Waals surface area contributed by atoms with Crippen molar-refractivity contribution in [2.24, 2.45) is 0 Å². The third-order valence-electron chi connectivity index (χ3n) is 15.0. The summed E-state index contributed by atoms with van der Waals surface area (Å²) >= 11 is 0. The highest BCUT2D eigenvalue weighted by molar-refractivity contribution is 5.71. The smallest absolute Gasteiger partial charge is 0.306 e. The predicted octanol–water partition coefficient (Wildman–Crippen LogP) is 22.1. The SMILES string of the molecule is CCCCCCCC/C=C\CCCCCCCCCC(=O)OC(COC(=O)CCCCCCCCCCCCC)COC(=O)CCCCCCCCCCCCCCCCCCCCCCCCCCCC. The quantitative estimate of drug-likeness (QED) is 0.0261. The normalized spacial score (nSPS) is 12.0. The number of rotatable bonds is 61. The van der Waals surface area contributed by atoms with Crippen molar-refractivity contribution in [2.75, 3.05) is 13.2 Å². The lowest BCUT2D eigenvalue weighted by molar-refractivity contribution is -0.167. The van der Waals surface area contributed by atoms with Gasteiger partial charge in [0.2, 0.25) is 0 Å². The van der Waals surface area contributed by atoms with Gasteiger partial charge in [0.05, 0.1) is 0 Å². The lowest BCUT2D eigenvalue weighted by Gasteiger charge is -2.18. The van der Waals surface area contributed by atoms with Crippen LogP contribution in [0.25, 0.3) is 0 Å². The summed E-state index contributed by atoms with van der Waals surface area (Å²) in [6.45, 7) is 6.70. The fourth-order valence-electron chi connectivity index (χ4n) is 10.1. The van der Waals surface area contributed by atoms with Crippen molar-refractivity contribution < 1.29 is 28.6 Å². The van der Waals surface area contributed by atoms with E-state index in [2.05, 4.69) is 32.9 Å². The Morgan fingerprint density at radius 2 is 0.458 bits per heavy atom. The molecule has 0 saturated heterocycles. The van der Waals surface area contributed by atoms with E-state index < -0.39 is 6.10 Å². The molecule has 6 heteroatoms. The van der Waals surface area contributed by atoms with E-state index in [1.54, 1.807) is 0 Å². The van der Waals surface area contributed by atoms with Crippen LogP contribution in [0.1, 0.15) is 374 Å². The van der Waals surface area contributed by atoms with Crippen LogP contribution < -0.4 is 0 Å². The summed E-state index contributed by atoms with van der Waals surface area (Å²) < 4.78 is 16.9. The predicted molar refractivity (Wildman–Crippen MR) is 312 cm³/mol. The zero-order chi connectivity index (χ0) is 52.2. The van der Waals surface area contributed by atoms with Gasteiger partial charge in [0.25, 0.3) is 0 Å². The molecule has 0 amide bonds. The fraction of sp³-hybridized carbons (Fsp3) is 0.924. The van der Waals surface area contributed by atoms with Crippen LogP contribution in [-0.2, 0) is 28.6 Å². The van der Waals surface area contributed by atoms with Gasteiger partial charge in [-0.05, 0) is 44.9 Å². The van der Waals surface area contributed by atoms with Crippen molar-refractivity contribution in [3.8, 4) is 0 Å². The monoisotopic (exact) mass is 1010 g/mol. The summed E-state index contributed by atoms with van der Waals surface area (Å²) in [5.74, 6) is -0.842. The summed E-state index contributed by atoms with van der Waals surface area (Å²) in [5, 5.41) is 0. The Balaban J connectivity index is 4.15. The third kappa shape index (κ3) is 59.0. The Morgan fingerprint density at radius 1 is 0.264 bits per heavy atom. The van der Waals surface area contributed by atoms with Gasteiger partial charge >= 0.3 is 17.9 Å². The molecule has 426 valence electrons. The Bertz CT molecular complexity index is 1120. The maximum atomic E-state index is 12.9.